The van der Waals surface area contributed by atoms with Crippen molar-refractivity contribution in [3.63, 3.8) is 0 Å². The van der Waals surface area contributed by atoms with E-state index in [1.807, 2.05) is 54.6 Å². The van der Waals surface area contributed by atoms with E-state index in [-0.39, 0.29) is 36.0 Å². The molecule has 0 aliphatic carbocycles. The third-order valence-corrected chi connectivity index (χ3v) is 7.33. The van der Waals surface area contributed by atoms with Crippen molar-refractivity contribution in [1.29, 1.82) is 0 Å². The van der Waals surface area contributed by atoms with Crippen LogP contribution in [0, 0.1) is 0 Å². The highest BCUT2D eigenvalue weighted by atomic mass is 32.2. The van der Waals surface area contributed by atoms with Gasteiger partial charge >= 0.3 is 0 Å². The molecular formula is C27H29N5O4S. The highest BCUT2D eigenvalue weighted by molar-refractivity contribution is 8.14. The first kappa shape index (κ1) is 25.2. The van der Waals surface area contributed by atoms with E-state index in [0.717, 1.165) is 30.6 Å². The predicted octanol–water partition coefficient (Wildman–Crippen LogP) is 2.42. The fourth-order valence-corrected chi connectivity index (χ4v) is 5.32. The van der Waals surface area contributed by atoms with Crippen LogP contribution in [0.25, 0.3) is 0 Å². The summed E-state index contributed by atoms with van der Waals surface area (Å²) in [5.74, 6) is -0.114. The molecule has 0 radical (unpaired) electrons. The minimum Gasteiger partial charge on any atom is -0.376 e. The maximum absolute atomic E-state index is 13.4. The molecule has 9 nitrogen and oxygen atoms in total. The normalized spacial score (nSPS) is 20.1. The molecule has 0 aromatic heterocycles. The number of rotatable bonds is 9. The lowest BCUT2D eigenvalue weighted by molar-refractivity contribution is -0.128. The van der Waals surface area contributed by atoms with E-state index >= 15 is 0 Å². The number of aliphatic imine (C=N–C) groups is 2. The summed E-state index contributed by atoms with van der Waals surface area (Å²) in [6.45, 7) is 1.69. The number of carbonyl (C=O) groups is 3. The molecule has 3 aliphatic rings. The van der Waals surface area contributed by atoms with Gasteiger partial charge in [0.1, 0.15) is 11.9 Å². The highest BCUT2D eigenvalue weighted by Crippen LogP contribution is 2.34. The van der Waals surface area contributed by atoms with E-state index < -0.39 is 6.04 Å². The molecule has 0 saturated carbocycles. The summed E-state index contributed by atoms with van der Waals surface area (Å²) in [5.41, 5.74) is 2.54. The van der Waals surface area contributed by atoms with Gasteiger partial charge < -0.3 is 15.4 Å². The molecule has 0 spiro atoms. The fraction of sp³-hybridized carbons (Fsp3) is 0.370. The van der Waals surface area contributed by atoms with Crippen LogP contribution in [0.5, 0.6) is 0 Å². The predicted molar refractivity (Wildman–Crippen MR) is 143 cm³/mol. The third kappa shape index (κ3) is 6.08. The zero-order valence-electron chi connectivity index (χ0n) is 20.4. The van der Waals surface area contributed by atoms with Crippen molar-refractivity contribution in [2.24, 2.45) is 9.98 Å². The molecule has 5 rings (SSSR count). The Morgan fingerprint density at radius 3 is 2.68 bits per heavy atom. The van der Waals surface area contributed by atoms with Gasteiger partial charge in [-0.05, 0) is 37.0 Å². The summed E-state index contributed by atoms with van der Waals surface area (Å²) in [5, 5.41) is 6.17. The summed E-state index contributed by atoms with van der Waals surface area (Å²) < 4.78 is 5.55. The SMILES string of the molecule is O=C(CSC1=Nc2ccccc2C2=N[C@H](CC(=O)NCCc3ccccc3)C(=O)N12)NC[C@H]1CCCO1. The minimum atomic E-state index is -0.836. The summed E-state index contributed by atoms with van der Waals surface area (Å²) in [6.07, 6.45) is 2.68. The van der Waals surface area contributed by atoms with Gasteiger partial charge in [-0.15, -0.1) is 0 Å². The maximum Gasteiger partial charge on any atom is 0.259 e. The van der Waals surface area contributed by atoms with Crippen molar-refractivity contribution in [2.75, 3.05) is 25.4 Å². The Labute approximate surface area is 219 Å². The molecule has 3 heterocycles. The van der Waals surface area contributed by atoms with Crippen LogP contribution in [0.4, 0.5) is 5.69 Å². The van der Waals surface area contributed by atoms with Crippen molar-refractivity contribution >= 4 is 46.2 Å². The average molecular weight is 520 g/mol. The number of benzene rings is 2. The van der Waals surface area contributed by atoms with Gasteiger partial charge in [-0.1, -0.05) is 54.2 Å². The van der Waals surface area contributed by atoms with Gasteiger partial charge in [0.25, 0.3) is 5.91 Å². The Balaban J connectivity index is 1.21. The Hall–Kier alpha value is -3.50. The molecule has 3 amide bonds. The van der Waals surface area contributed by atoms with Gasteiger partial charge in [0.15, 0.2) is 5.17 Å². The number of amidine groups is 2. The zero-order valence-corrected chi connectivity index (χ0v) is 21.2. The number of ether oxygens (including phenoxy) is 1. The molecule has 2 aromatic carbocycles. The average Bonchev–Trinajstić information content (AvgIpc) is 3.55. The lowest BCUT2D eigenvalue weighted by Gasteiger charge is -2.25. The molecule has 1 saturated heterocycles. The number of amides is 3. The molecule has 37 heavy (non-hydrogen) atoms. The van der Waals surface area contributed by atoms with Crippen molar-refractivity contribution in [2.45, 2.75) is 37.8 Å². The van der Waals surface area contributed by atoms with Gasteiger partial charge in [-0.3, -0.25) is 19.4 Å². The third-order valence-electron chi connectivity index (χ3n) is 6.39. The molecule has 0 unspecified atom stereocenters. The number of nitrogens with one attached hydrogen (secondary N) is 2. The molecule has 1 fully saturated rings. The first-order valence-corrected chi connectivity index (χ1v) is 13.5. The van der Waals surface area contributed by atoms with Gasteiger partial charge in [0, 0.05) is 25.3 Å². The molecule has 2 aromatic rings. The van der Waals surface area contributed by atoms with Crippen LogP contribution in [0.1, 0.15) is 30.4 Å². The van der Waals surface area contributed by atoms with Crippen LogP contribution in [-0.4, -0.2) is 71.2 Å². The number of hydrogen-bond donors (Lipinski definition) is 2. The topological polar surface area (TPSA) is 112 Å². The molecule has 3 aliphatic heterocycles. The highest BCUT2D eigenvalue weighted by Gasteiger charge is 2.42. The smallest absolute Gasteiger partial charge is 0.259 e. The summed E-state index contributed by atoms with van der Waals surface area (Å²) in [7, 11) is 0. The molecule has 0 bridgehead atoms. The van der Waals surface area contributed by atoms with Crippen molar-refractivity contribution in [3.05, 3.63) is 65.7 Å². The van der Waals surface area contributed by atoms with Crippen LogP contribution in [-0.2, 0) is 25.5 Å². The number of para-hydroxylation sites is 1. The lowest BCUT2D eigenvalue weighted by Crippen LogP contribution is -2.42. The van der Waals surface area contributed by atoms with Gasteiger partial charge in [0.05, 0.1) is 24.0 Å². The van der Waals surface area contributed by atoms with E-state index in [1.54, 1.807) is 0 Å². The summed E-state index contributed by atoms with van der Waals surface area (Å²) in [4.78, 5) is 49.1. The van der Waals surface area contributed by atoms with Gasteiger partial charge in [0.2, 0.25) is 11.8 Å². The van der Waals surface area contributed by atoms with Crippen LogP contribution in [0.2, 0.25) is 0 Å². The van der Waals surface area contributed by atoms with E-state index in [0.29, 0.717) is 36.2 Å². The number of fused-ring (bicyclic) bond motifs is 3. The molecule has 2 N–H and O–H groups in total. The molecular weight excluding hydrogens is 490 g/mol. The van der Waals surface area contributed by atoms with E-state index in [2.05, 4.69) is 20.6 Å². The Morgan fingerprint density at radius 2 is 1.86 bits per heavy atom. The molecule has 10 heteroatoms. The minimum absolute atomic E-state index is 0.0460. The molecule has 2 atom stereocenters. The zero-order chi connectivity index (χ0) is 25.6. The van der Waals surface area contributed by atoms with E-state index in [1.165, 1.54) is 16.7 Å². The Bertz CT molecular complexity index is 1230. The van der Waals surface area contributed by atoms with Crippen molar-refractivity contribution in [1.82, 2.24) is 15.5 Å². The summed E-state index contributed by atoms with van der Waals surface area (Å²) in [6, 6.07) is 16.5. The first-order valence-electron chi connectivity index (χ1n) is 12.5. The monoisotopic (exact) mass is 519 g/mol. The quantitative estimate of drug-likeness (QED) is 0.529. The lowest BCUT2D eigenvalue weighted by atomic mass is 10.1. The second kappa shape index (κ2) is 11.7. The standard InChI is InChI=1S/C27H29N5O4S/c33-23(28-13-12-18-7-2-1-3-8-18)15-22-26(35)32-25(30-22)20-10-4-5-11-21(20)31-27(32)37-17-24(34)29-16-19-9-6-14-36-19/h1-5,7-8,10-11,19,22H,6,9,12-17H2,(H,28,33)(H,29,34)/t19-,22-/m1/s1. The second-order valence-electron chi connectivity index (χ2n) is 9.07. The summed E-state index contributed by atoms with van der Waals surface area (Å²) >= 11 is 1.19. The molecule has 192 valence electrons. The number of thioether (sulfide) groups is 1. The Kier molecular flexibility index (Phi) is 7.96. The fourth-order valence-electron chi connectivity index (χ4n) is 4.48. The van der Waals surface area contributed by atoms with Crippen molar-refractivity contribution in [3.8, 4) is 0 Å². The van der Waals surface area contributed by atoms with Gasteiger partial charge in [-0.2, -0.15) is 0 Å². The van der Waals surface area contributed by atoms with E-state index in [4.69, 9.17) is 4.74 Å². The largest absolute Gasteiger partial charge is 0.376 e. The number of carbonyl (C=O) groups excluding carboxylic acids is 3. The van der Waals surface area contributed by atoms with Gasteiger partial charge in [-0.25, -0.2) is 9.89 Å². The Morgan fingerprint density at radius 1 is 1.05 bits per heavy atom. The van der Waals surface area contributed by atoms with Crippen molar-refractivity contribution < 1.29 is 19.1 Å². The van der Waals surface area contributed by atoms with Crippen LogP contribution in [0.3, 0.4) is 0 Å². The van der Waals surface area contributed by atoms with Crippen LogP contribution < -0.4 is 10.6 Å². The first-order chi connectivity index (χ1) is 18.1. The number of hydrogen-bond acceptors (Lipinski definition) is 7. The van der Waals surface area contributed by atoms with E-state index in [9.17, 15) is 14.4 Å². The van der Waals surface area contributed by atoms with Crippen LogP contribution >= 0.6 is 11.8 Å². The van der Waals surface area contributed by atoms with Crippen LogP contribution in [0.15, 0.2) is 64.6 Å². The maximum atomic E-state index is 13.4. The second-order valence-corrected chi connectivity index (χ2v) is 10.0. The number of nitrogens with zero attached hydrogens (tertiary/aromatic N) is 3.